The van der Waals surface area contributed by atoms with Crippen LogP contribution in [0.3, 0.4) is 0 Å². The van der Waals surface area contributed by atoms with Crippen LogP contribution in [0.2, 0.25) is 10.0 Å². The van der Waals surface area contributed by atoms with Crippen molar-refractivity contribution in [2.75, 3.05) is 5.32 Å². The summed E-state index contributed by atoms with van der Waals surface area (Å²) in [6.45, 7) is 2.40. The molecular formula is C24H19Cl2N7O2. The summed E-state index contributed by atoms with van der Waals surface area (Å²) in [6.07, 6.45) is 9.39. The molecule has 5 rings (SSSR count). The van der Waals surface area contributed by atoms with E-state index in [0.29, 0.717) is 44.5 Å². The fraction of sp³-hybridized carbons (Fsp3) is 0.125. The van der Waals surface area contributed by atoms with E-state index in [-0.39, 0.29) is 11.6 Å². The minimum absolute atomic E-state index is 0.236. The first kappa shape index (κ1) is 22.8. The standard InChI is InChI=1S/C24H19Cl2N7O2/c1-14(22-19(25)10-28-11-20(22)26)35-17-2-3-21-18(8-17)23(32-31-21)24(34)30-16-9-29-33(13-16)12-15-4-6-27-7-5-15/h2-11,13-14H,12H2,1H3,(H,30,34)(H,31,32)/t14-/m1/s1. The smallest absolute Gasteiger partial charge is 0.276 e. The number of hydrogen-bond acceptors (Lipinski definition) is 6. The van der Waals surface area contributed by atoms with E-state index in [1.54, 1.807) is 47.7 Å². The van der Waals surface area contributed by atoms with E-state index in [0.717, 1.165) is 5.56 Å². The number of aromatic amines is 1. The largest absolute Gasteiger partial charge is 0.486 e. The third kappa shape index (κ3) is 4.96. The SMILES string of the molecule is C[C@@H](Oc1ccc2[nH]nc(C(=O)Nc3cnn(Cc4ccncc4)c3)c2c1)c1c(Cl)cncc1Cl. The Kier molecular flexibility index (Phi) is 6.35. The van der Waals surface area contributed by atoms with Crippen molar-refractivity contribution < 1.29 is 9.53 Å². The second-order valence-electron chi connectivity index (χ2n) is 7.79. The van der Waals surface area contributed by atoms with Crippen molar-refractivity contribution >= 4 is 45.7 Å². The summed E-state index contributed by atoms with van der Waals surface area (Å²) < 4.78 is 7.80. The molecule has 0 aliphatic rings. The summed E-state index contributed by atoms with van der Waals surface area (Å²) in [7, 11) is 0. The molecule has 2 N–H and O–H groups in total. The van der Waals surface area contributed by atoms with Crippen molar-refractivity contribution in [1.29, 1.82) is 0 Å². The number of anilines is 1. The Hall–Kier alpha value is -3.95. The van der Waals surface area contributed by atoms with Gasteiger partial charge < -0.3 is 10.1 Å². The van der Waals surface area contributed by atoms with Crippen LogP contribution >= 0.6 is 23.2 Å². The van der Waals surface area contributed by atoms with Crippen molar-refractivity contribution in [2.45, 2.75) is 19.6 Å². The van der Waals surface area contributed by atoms with Gasteiger partial charge in [-0.15, -0.1) is 0 Å². The Balaban J connectivity index is 1.33. The molecule has 0 aliphatic carbocycles. The Morgan fingerprint density at radius 3 is 2.66 bits per heavy atom. The van der Waals surface area contributed by atoms with Crippen LogP contribution in [-0.4, -0.2) is 35.9 Å². The fourth-order valence-corrected chi connectivity index (χ4v) is 4.36. The molecule has 0 bridgehead atoms. The van der Waals surface area contributed by atoms with Crippen molar-refractivity contribution in [3.8, 4) is 5.75 Å². The molecule has 0 aliphatic heterocycles. The number of halogens is 2. The Bertz CT molecular complexity index is 1480. The number of benzene rings is 1. The van der Waals surface area contributed by atoms with Crippen LogP contribution < -0.4 is 10.1 Å². The first-order valence-electron chi connectivity index (χ1n) is 10.6. The van der Waals surface area contributed by atoms with Crippen LogP contribution in [0.15, 0.2) is 67.5 Å². The van der Waals surface area contributed by atoms with Crippen LogP contribution in [0.5, 0.6) is 5.75 Å². The lowest BCUT2D eigenvalue weighted by Crippen LogP contribution is -2.12. The lowest BCUT2D eigenvalue weighted by molar-refractivity contribution is 0.102. The summed E-state index contributed by atoms with van der Waals surface area (Å²) in [5, 5.41) is 15.7. The molecule has 1 aromatic carbocycles. The fourth-order valence-electron chi connectivity index (χ4n) is 3.69. The van der Waals surface area contributed by atoms with Crippen LogP contribution in [-0.2, 0) is 6.54 Å². The molecule has 0 spiro atoms. The molecule has 35 heavy (non-hydrogen) atoms. The molecule has 1 atom stereocenters. The molecule has 0 fully saturated rings. The number of hydrogen-bond donors (Lipinski definition) is 2. The number of aromatic nitrogens is 6. The van der Waals surface area contributed by atoms with Gasteiger partial charge in [-0.1, -0.05) is 23.2 Å². The first-order chi connectivity index (χ1) is 17.0. The second-order valence-corrected chi connectivity index (χ2v) is 8.61. The molecule has 4 aromatic heterocycles. The van der Waals surface area contributed by atoms with Gasteiger partial charge in [0.15, 0.2) is 5.69 Å². The van der Waals surface area contributed by atoms with Gasteiger partial charge >= 0.3 is 0 Å². The highest BCUT2D eigenvalue weighted by Gasteiger charge is 2.19. The predicted molar refractivity (Wildman–Crippen MR) is 133 cm³/mol. The lowest BCUT2D eigenvalue weighted by atomic mass is 10.1. The highest BCUT2D eigenvalue weighted by Crippen LogP contribution is 2.33. The van der Waals surface area contributed by atoms with Crippen molar-refractivity contribution in [2.24, 2.45) is 0 Å². The van der Waals surface area contributed by atoms with E-state index >= 15 is 0 Å². The Labute approximate surface area is 210 Å². The third-order valence-electron chi connectivity index (χ3n) is 5.34. The number of carbonyl (C=O) groups is 1. The number of nitrogens with zero attached hydrogens (tertiary/aromatic N) is 5. The monoisotopic (exact) mass is 507 g/mol. The van der Waals surface area contributed by atoms with E-state index in [2.05, 4.69) is 30.6 Å². The predicted octanol–water partition coefficient (Wildman–Crippen LogP) is 5.30. The van der Waals surface area contributed by atoms with Gasteiger partial charge in [0.25, 0.3) is 5.91 Å². The summed E-state index contributed by atoms with van der Waals surface area (Å²) in [5.74, 6) is 0.166. The van der Waals surface area contributed by atoms with Gasteiger partial charge in [0.2, 0.25) is 0 Å². The average Bonchev–Trinajstić information content (AvgIpc) is 3.46. The van der Waals surface area contributed by atoms with Gasteiger partial charge in [-0.25, -0.2) is 0 Å². The second kappa shape index (κ2) is 9.73. The summed E-state index contributed by atoms with van der Waals surface area (Å²) in [6, 6.07) is 9.15. The minimum Gasteiger partial charge on any atom is -0.486 e. The van der Waals surface area contributed by atoms with Crippen LogP contribution in [0.4, 0.5) is 5.69 Å². The lowest BCUT2D eigenvalue weighted by Gasteiger charge is -2.17. The molecule has 4 heterocycles. The number of amides is 1. The van der Waals surface area contributed by atoms with Crippen LogP contribution in [0, 0.1) is 0 Å². The van der Waals surface area contributed by atoms with E-state index < -0.39 is 6.10 Å². The number of H-pyrrole nitrogens is 1. The highest BCUT2D eigenvalue weighted by atomic mass is 35.5. The first-order valence-corrected chi connectivity index (χ1v) is 11.4. The molecule has 0 saturated carbocycles. The zero-order chi connectivity index (χ0) is 24.4. The molecule has 176 valence electrons. The number of carbonyl (C=O) groups excluding carboxylic acids is 1. The maximum absolute atomic E-state index is 13.0. The minimum atomic E-state index is -0.439. The molecule has 5 aromatic rings. The van der Waals surface area contributed by atoms with Crippen LogP contribution in [0.1, 0.15) is 34.6 Å². The Morgan fingerprint density at radius 2 is 1.89 bits per heavy atom. The summed E-state index contributed by atoms with van der Waals surface area (Å²) in [5.41, 5.74) is 3.18. The number of fused-ring (bicyclic) bond motifs is 1. The van der Waals surface area contributed by atoms with Gasteiger partial charge in [-0.05, 0) is 42.8 Å². The molecule has 0 saturated heterocycles. The quantitative estimate of drug-likeness (QED) is 0.309. The van der Waals surface area contributed by atoms with E-state index in [4.69, 9.17) is 27.9 Å². The van der Waals surface area contributed by atoms with Gasteiger partial charge in [-0.3, -0.25) is 24.5 Å². The molecule has 11 heteroatoms. The number of rotatable bonds is 7. The van der Waals surface area contributed by atoms with Crippen molar-refractivity contribution in [3.05, 3.63) is 94.4 Å². The number of nitrogens with one attached hydrogen (secondary N) is 2. The maximum Gasteiger partial charge on any atom is 0.276 e. The van der Waals surface area contributed by atoms with E-state index in [9.17, 15) is 4.79 Å². The van der Waals surface area contributed by atoms with Gasteiger partial charge in [0.1, 0.15) is 11.9 Å². The molecule has 1 amide bonds. The third-order valence-corrected chi connectivity index (χ3v) is 5.95. The zero-order valence-corrected chi connectivity index (χ0v) is 20.0. The zero-order valence-electron chi connectivity index (χ0n) is 18.4. The molecule has 0 radical (unpaired) electrons. The number of pyridine rings is 2. The summed E-state index contributed by atoms with van der Waals surface area (Å²) >= 11 is 12.5. The van der Waals surface area contributed by atoms with Crippen LogP contribution in [0.25, 0.3) is 10.9 Å². The summed E-state index contributed by atoms with van der Waals surface area (Å²) in [4.78, 5) is 21.0. The van der Waals surface area contributed by atoms with Gasteiger partial charge in [0.05, 0.1) is 34.0 Å². The van der Waals surface area contributed by atoms with E-state index in [1.165, 1.54) is 12.4 Å². The Morgan fingerprint density at radius 1 is 1.11 bits per heavy atom. The van der Waals surface area contributed by atoms with Gasteiger partial charge in [0, 0.05) is 41.9 Å². The molecular weight excluding hydrogens is 489 g/mol. The van der Waals surface area contributed by atoms with E-state index in [1.807, 2.05) is 19.1 Å². The van der Waals surface area contributed by atoms with Crippen molar-refractivity contribution in [1.82, 2.24) is 29.9 Å². The number of ether oxygens (including phenoxy) is 1. The van der Waals surface area contributed by atoms with Crippen molar-refractivity contribution in [3.63, 3.8) is 0 Å². The normalized spacial score (nSPS) is 12.0. The maximum atomic E-state index is 13.0. The molecule has 0 unspecified atom stereocenters. The average molecular weight is 508 g/mol. The van der Waals surface area contributed by atoms with Gasteiger partial charge in [-0.2, -0.15) is 10.2 Å². The topological polar surface area (TPSA) is 111 Å². The highest BCUT2D eigenvalue weighted by molar-refractivity contribution is 6.35. The molecule has 9 nitrogen and oxygen atoms in total.